The summed E-state index contributed by atoms with van der Waals surface area (Å²) in [6.45, 7) is 0.658. The number of carboxylic acid groups (broad SMARTS) is 2. The first kappa shape index (κ1) is 19.3. The van der Waals surface area contributed by atoms with Gasteiger partial charge < -0.3 is 20.8 Å². The predicted octanol–water partition coefficient (Wildman–Crippen LogP) is 0.854. The van der Waals surface area contributed by atoms with E-state index < -0.39 is 66.2 Å². The van der Waals surface area contributed by atoms with E-state index in [-0.39, 0.29) is 60.9 Å². The summed E-state index contributed by atoms with van der Waals surface area (Å²) in [5, 5.41) is 22.0. The third kappa shape index (κ3) is 8.00. The van der Waals surface area contributed by atoms with Crippen LogP contribution in [0.5, 0.6) is 0 Å². The molecule has 9 heteroatoms. The van der Waals surface area contributed by atoms with Crippen molar-refractivity contribution in [3.8, 4) is 0 Å². The number of aliphatic carboxylic acids is 2. The van der Waals surface area contributed by atoms with Crippen molar-refractivity contribution in [2.45, 2.75) is 63.1 Å². The maximum Gasteiger partial charge on any atom is 0.326 e. The van der Waals surface area contributed by atoms with E-state index in [1.54, 1.807) is 0 Å². The zero-order chi connectivity index (χ0) is 25.6. The smallest absolute Gasteiger partial charge is 0.326 e. The minimum atomic E-state index is -1.26. The normalized spacial score (nSPS) is 20.1. The van der Waals surface area contributed by atoms with Gasteiger partial charge in [0.1, 0.15) is 12.1 Å². The van der Waals surface area contributed by atoms with Crippen LogP contribution in [0.25, 0.3) is 0 Å². The Balaban J connectivity index is 0.00000612. The molecule has 5 N–H and O–H groups in total. The number of carboxylic acids is 2. The van der Waals surface area contributed by atoms with Crippen LogP contribution in [0.15, 0.2) is 30.2 Å². The van der Waals surface area contributed by atoms with Gasteiger partial charge in [0.2, 0.25) is 5.91 Å². The Hall–Kier alpha value is -1.45. The quantitative estimate of drug-likeness (QED) is 0.284. The number of hydrogen-bond donors (Lipinski definition) is 4. The van der Waals surface area contributed by atoms with Gasteiger partial charge in [0.05, 0.1) is 12.9 Å². The molecule has 30 heavy (non-hydrogen) atoms. The van der Waals surface area contributed by atoms with E-state index >= 15 is 0 Å². The van der Waals surface area contributed by atoms with E-state index in [4.69, 9.17) is 12.6 Å². The van der Waals surface area contributed by atoms with Gasteiger partial charge in [0, 0.05) is 36.1 Å². The van der Waals surface area contributed by atoms with Crippen LogP contribution in [0.2, 0.25) is 0 Å². The van der Waals surface area contributed by atoms with Gasteiger partial charge in [0.15, 0.2) is 0 Å². The number of amides is 1. The predicted molar refractivity (Wildman–Crippen MR) is 114 cm³/mol. The molecule has 0 saturated carbocycles. The zero-order valence-corrected chi connectivity index (χ0v) is 19.2. The number of benzene rings is 1. The van der Waals surface area contributed by atoms with Crippen molar-refractivity contribution in [3.05, 3.63) is 35.8 Å². The van der Waals surface area contributed by atoms with E-state index in [9.17, 15) is 24.6 Å². The second-order valence-electron chi connectivity index (χ2n) is 7.06. The molecule has 0 aromatic heterocycles. The van der Waals surface area contributed by atoms with Crippen molar-refractivity contribution in [2.75, 3.05) is 13.1 Å². The molecule has 1 aliphatic heterocycles. The molecular formula is C21H31N3NaO5. The number of carbonyl (C=O) groups excluding carboxylic acids is 1. The second kappa shape index (κ2) is 13.8. The molecule has 0 spiro atoms. The fourth-order valence-electron chi connectivity index (χ4n) is 3.47. The van der Waals surface area contributed by atoms with Gasteiger partial charge in [-0.1, -0.05) is 36.6 Å². The van der Waals surface area contributed by atoms with Crippen molar-refractivity contribution in [3.63, 3.8) is 0 Å². The van der Waals surface area contributed by atoms with E-state index in [0.717, 1.165) is 0 Å². The third-order valence-corrected chi connectivity index (χ3v) is 5.00. The molecule has 0 unspecified atom stereocenters. The zero-order valence-electron chi connectivity index (χ0n) is 22.2. The number of nitrogens with zero attached hydrogens (tertiary/aromatic N) is 1. The van der Waals surface area contributed by atoms with Crippen LogP contribution in [-0.4, -0.2) is 93.7 Å². The first-order valence-corrected chi connectivity index (χ1v) is 9.79. The van der Waals surface area contributed by atoms with Crippen molar-refractivity contribution >= 4 is 47.4 Å². The van der Waals surface area contributed by atoms with Crippen molar-refractivity contribution < 1.29 is 31.5 Å². The Morgan fingerprint density at radius 2 is 1.87 bits per heavy atom. The minimum Gasteiger partial charge on any atom is -0.480 e. The van der Waals surface area contributed by atoms with Gasteiger partial charge >= 0.3 is 11.9 Å². The molecule has 1 aliphatic rings. The van der Waals surface area contributed by atoms with Gasteiger partial charge in [-0.3, -0.25) is 14.9 Å². The molecule has 1 aromatic carbocycles. The van der Waals surface area contributed by atoms with E-state index in [2.05, 4.69) is 5.32 Å². The molecule has 1 radical (unpaired) electrons. The van der Waals surface area contributed by atoms with Crippen LogP contribution in [0.4, 0.5) is 0 Å². The molecule has 1 amide bonds. The average Bonchev–Trinajstić information content (AvgIpc) is 3.29. The molecule has 2 rings (SSSR count). The summed E-state index contributed by atoms with van der Waals surface area (Å²) >= 11 is 0. The largest absolute Gasteiger partial charge is 0.480 e. The SMILES string of the molecule is [2H]c1c([2H])c([2H])c(CC[C@H](N[C@@H](CCCCN)C(=O)N2CCC[C@H]2C(=O)O)C(=O)O)c([2H])c1[2H].[Na]. The monoisotopic (exact) mass is 433 g/mol. The Morgan fingerprint density at radius 3 is 2.47 bits per heavy atom. The van der Waals surface area contributed by atoms with Gasteiger partial charge in [-0.15, -0.1) is 0 Å². The average molecular weight is 434 g/mol. The fraction of sp³-hybridized carbons (Fsp3) is 0.571. The second-order valence-corrected chi connectivity index (χ2v) is 7.06. The summed E-state index contributed by atoms with van der Waals surface area (Å²) in [6, 6.07) is -5.49. The van der Waals surface area contributed by atoms with Crippen LogP contribution in [0, 0.1) is 0 Å². The first-order chi connectivity index (χ1) is 16.0. The third-order valence-electron chi connectivity index (χ3n) is 5.00. The molecule has 0 aliphatic carbocycles. The van der Waals surface area contributed by atoms with Crippen LogP contribution >= 0.6 is 0 Å². The summed E-state index contributed by atoms with van der Waals surface area (Å²) in [5.74, 6) is -2.86. The number of likely N-dealkylation sites (tertiary alicyclic amines) is 1. The minimum absolute atomic E-state index is 0. The van der Waals surface area contributed by atoms with Crippen LogP contribution in [0.3, 0.4) is 0 Å². The Kier molecular flexibility index (Phi) is 8.84. The maximum atomic E-state index is 13.2. The molecule has 1 saturated heterocycles. The van der Waals surface area contributed by atoms with Crippen molar-refractivity contribution in [1.29, 1.82) is 0 Å². The van der Waals surface area contributed by atoms with E-state index in [1.165, 1.54) is 4.90 Å². The number of nitrogens with two attached hydrogens (primary N) is 1. The van der Waals surface area contributed by atoms with E-state index in [0.29, 0.717) is 32.2 Å². The fourth-order valence-corrected chi connectivity index (χ4v) is 3.47. The van der Waals surface area contributed by atoms with Crippen LogP contribution < -0.4 is 11.1 Å². The standard InChI is InChI=1S/C21H31N3O5.Na/c22-13-5-4-9-16(19(25)24-14-6-10-18(24)21(28)29)23-17(20(26)27)12-11-15-7-2-1-3-8-15;/h1-3,7-8,16-18,23H,4-6,9-14,22H2,(H,26,27)(H,28,29);/t16-,17-,18-;/m0./s1/i1D,2D,3D,7D,8D;. The first-order valence-electron chi connectivity index (χ1n) is 12.3. The molecule has 1 aromatic rings. The summed E-state index contributed by atoms with van der Waals surface area (Å²) in [5.41, 5.74) is 5.53. The summed E-state index contributed by atoms with van der Waals surface area (Å²) in [7, 11) is 0. The topological polar surface area (TPSA) is 133 Å². The van der Waals surface area contributed by atoms with Gasteiger partial charge in [-0.2, -0.15) is 0 Å². The molecule has 8 nitrogen and oxygen atoms in total. The molecule has 0 bridgehead atoms. The number of unbranched alkanes of at least 4 members (excludes halogenated alkanes) is 1. The number of nitrogens with one attached hydrogen (secondary N) is 1. The Morgan fingerprint density at radius 1 is 1.17 bits per heavy atom. The van der Waals surface area contributed by atoms with Gasteiger partial charge in [-0.05, 0) is 50.6 Å². The Bertz CT molecular complexity index is 910. The Labute approximate surface area is 206 Å². The molecule has 161 valence electrons. The molecule has 1 fully saturated rings. The van der Waals surface area contributed by atoms with Crippen LogP contribution in [0.1, 0.15) is 50.9 Å². The number of hydrogen-bond acceptors (Lipinski definition) is 5. The van der Waals surface area contributed by atoms with E-state index in [1.807, 2.05) is 0 Å². The number of carbonyl (C=O) groups is 3. The summed E-state index contributed by atoms with van der Waals surface area (Å²) in [6.07, 6.45) is 2.01. The maximum absolute atomic E-state index is 13.2. The van der Waals surface area contributed by atoms with Crippen LogP contribution in [-0.2, 0) is 20.8 Å². The number of rotatable bonds is 12. The molecular weight excluding hydrogens is 397 g/mol. The molecule has 3 atom stereocenters. The van der Waals surface area contributed by atoms with Crippen molar-refractivity contribution in [2.24, 2.45) is 5.73 Å². The summed E-state index contributed by atoms with van der Waals surface area (Å²) < 4.78 is 39.2. The van der Waals surface area contributed by atoms with Gasteiger partial charge in [-0.25, -0.2) is 4.79 Å². The van der Waals surface area contributed by atoms with Crippen molar-refractivity contribution in [1.82, 2.24) is 10.2 Å². The molecule has 1 heterocycles. The summed E-state index contributed by atoms with van der Waals surface area (Å²) in [4.78, 5) is 37.9. The van der Waals surface area contributed by atoms with Gasteiger partial charge in [0.25, 0.3) is 0 Å².